The maximum absolute atomic E-state index is 9.82. The van der Waals surface area contributed by atoms with Gasteiger partial charge in [0, 0.05) is 4.47 Å². The predicted molar refractivity (Wildman–Crippen MR) is 56.8 cm³/mol. The van der Waals surface area contributed by atoms with Crippen LogP contribution in [0.4, 0.5) is 0 Å². The molecule has 0 spiro atoms. The molecule has 0 saturated carbocycles. The smallest absolute Gasteiger partial charge is 0.0795 e. The second kappa shape index (κ2) is 3.43. The second-order valence-corrected chi connectivity index (χ2v) is 4.62. The molecule has 1 aliphatic carbocycles. The maximum atomic E-state index is 9.82. The minimum absolute atomic E-state index is 0.239. The van der Waals surface area contributed by atoms with E-state index < -0.39 is 0 Å². The van der Waals surface area contributed by atoms with Gasteiger partial charge in [-0.25, -0.2) is 0 Å². The molecule has 1 N–H and O–H groups in total. The van der Waals surface area contributed by atoms with E-state index in [4.69, 9.17) is 0 Å². The molecular formula is C11H13BrO. The highest BCUT2D eigenvalue weighted by molar-refractivity contribution is 9.10. The van der Waals surface area contributed by atoms with Crippen molar-refractivity contribution < 1.29 is 5.11 Å². The molecule has 0 aromatic heterocycles. The Morgan fingerprint density at radius 3 is 3.00 bits per heavy atom. The Hall–Kier alpha value is -0.340. The lowest BCUT2D eigenvalue weighted by atomic mass is 9.87. The second-order valence-electron chi connectivity index (χ2n) is 3.70. The van der Waals surface area contributed by atoms with Gasteiger partial charge in [0.05, 0.1) is 6.10 Å². The molecule has 0 heterocycles. The van der Waals surface area contributed by atoms with Crippen LogP contribution in [-0.4, -0.2) is 5.11 Å². The topological polar surface area (TPSA) is 20.2 Å². The van der Waals surface area contributed by atoms with E-state index in [1.54, 1.807) is 0 Å². The Bertz CT molecular complexity index is 333. The van der Waals surface area contributed by atoms with Crippen molar-refractivity contribution in [1.82, 2.24) is 0 Å². The fraction of sp³-hybridized carbons (Fsp3) is 0.455. The molecule has 1 atom stereocenters. The number of halogens is 1. The highest BCUT2D eigenvalue weighted by atomic mass is 79.9. The maximum Gasteiger partial charge on any atom is 0.0795 e. The molecule has 13 heavy (non-hydrogen) atoms. The Kier molecular flexibility index (Phi) is 2.43. The fourth-order valence-electron chi connectivity index (χ4n) is 2.14. The van der Waals surface area contributed by atoms with Crippen molar-refractivity contribution in [3.05, 3.63) is 33.3 Å². The number of rotatable bonds is 0. The van der Waals surface area contributed by atoms with Crippen LogP contribution in [-0.2, 0) is 6.42 Å². The van der Waals surface area contributed by atoms with Crippen LogP contribution in [0.3, 0.4) is 0 Å². The lowest BCUT2D eigenvalue weighted by Crippen LogP contribution is -2.10. The van der Waals surface area contributed by atoms with Crippen LogP contribution in [0.25, 0.3) is 0 Å². The molecule has 0 saturated heterocycles. The first kappa shape index (κ1) is 9.22. The molecule has 0 aliphatic heterocycles. The van der Waals surface area contributed by atoms with E-state index in [1.807, 2.05) is 0 Å². The van der Waals surface area contributed by atoms with Crippen LogP contribution in [0, 0.1) is 6.92 Å². The quantitative estimate of drug-likeness (QED) is 0.739. The van der Waals surface area contributed by atoms with Gasteiger partial charge in [-0.05, 0) is 55.0 Å². The molecule has 2 rings (SSSR count). The third kappa shape index (κ3) is 1.65. The van der Waals surface area contributed by atoms with Crippen LogP contribution >= 0.6 is 15.9 Å². The normalized spacial score (nSPS) is 21.3. The van der Waals surface area contributed by atoms with Crippen LogP contribution < -0.4 is 0 Å². The van der Waals surface area contributed by atoms with Gasteiger partial charge in [-0.1, -0.05) is 15.9 Å². The summed E-state index contributed by atoms with van der Waals surface area (Å²) in [6.45, 7) is 2.07. The highest BCUT2D eigenvalue weighted by Crippen LogP contribution is 2.33. The summed E-state index contributed by atoms with van der Waals surface area (Å²) in [7, 11) is 0. The number of fused-ring (bicyclic) bond motifs is 1. The number of benzene rings is 1. The first-order chi connectivity index (χ1) is 6.18. The molecule has 0 amide bonds. The third-order valence-electron chi connectivity index (χ3n) is 2.69. The lowest BCUT2D eigenvalue weighted by Gasteiger charge is -2.23. The Morgan fingerprint density at radius 1 is 1.46 bits per heavy atom. The van der Waals surface area contributed by atoms with Gasteiger partial charge in [-0.3, -0.25) is 0 Å². The van der Waals surface area contributed by atoms with Crippen LogP contribution in [0.5, 0.6) is 0 Å². The SMILES string of the molecule is Cc1cc(Br)cc2c1C(O)CCC2. The summed E-state index contributed by atoms with van der Waals surface area (Å²) in [6.07, 6.45) is 2.88. The largest absolute Gasteiger partial charge is 0.388 e. The molecule has 1 aromatic rings. The predicted octanol–water partition coefficient (Wildman–Crippen LogP) is 3.13. The zero-order valence-electron chi connectivity index (χ0n) is 7.68. The molecular weight excluding hydrogens is 228 g/mol. The first-order valence-electron chi connectivity index (χ1n) is 4.65. The molecule has 1 aromatic carbocycles. The Morgan fingerprint density at radius 2 is 2.23 bits per heavy atom. The monoisotopic (exact) mass is 240 g/mol. The average molecular weight is 241 g/mol. The molecule has 70 valence electrons. The van der Waals surface area contributed by atoms with Crippen molar-refractivity contribution in [2.24, 2.45) is 0 Å². The van der Waals surface area contributed by atoms with Crippen molar-refractivity contribution in [1.29, 1.82) is 0 Å². The zero-order chi connectivity index (χ0) is 9.42. The average Bonchev–Trinajstić information content (AvgIpc) is 2.02. The Labute approximate surface area is 86.9 Å². The summed E-state index contributed by atoms with van der Waals surface area (Å²) < 4.78 is 1.12. The van der Waals surface area contributed by atoms with E-state index >= 15 is 0 Å². The summed E-state index contributed by atoms with van der Waals surface area (Å²) in [6, 6.07) is 4.21. The van der Waals surface area contributed by atoms with Gasteiger partial charge in [0.15, 0.2) is 0 Å². The Balaban J connectivity index is 2.56. The summed E-state index contributed by atoms with van der Waals surface area (Å²) in [5.74, 6) is 0. The summed E-state index contributed by atoms with van der Waals surface area (Å²) in [4.78, 5) is 0. The first-order valence-corrected chi connectivity index (χ1v) is 5.45. The molecule has 0 bridgehead atoms. The van der Waals surface area contributed by atoms with Gasteiger partial charge in [0.1, 0.15) is 0 Å². The van der Waals surface area contributed by atoms with Gasteiger partial charge < -0.3 is 5.11 Å². The van der Waals surface area contributed by atoms with E-state index in [1.165, 1.54) is 11.1 Å². The van der Waals surface area contributed by atoms with E-state index in [0.717, 1.165) is 29.3 Å². The molecule has 1 unspecified atom stereocenters. The van der Waals surface area contributed by atoms with Crippen molar-refractivity contribution in [2.75, 3.05) is 0 Å². The third-order valence-corrected chi connectivity index (χ3v) is 3.15. The lowest BCUT2D eigenvalue weighted by molar-refractivity contribution is 0.156. The van der Waals surface area contributed by atoms with Gasteiger partial charge in [-0.2, -0.15) is 0 Å². The summed E-state index contributed by atoms with van der Waals surface area (Å²) in [5.41, 5.74) is 3.68. The van der Waals surface area contributed by atoms with Crippen LogP contribution in [0.2, 0.25) is 0 Å². The van der Waals surface area contributed by atoms with Gasteiger partial charge >= 0.3 is 0 Å². The molecule has 1 nitrogen and oxygen atoms in total. The number of aryl methyl sites for hydroxylation is 2. The summed E-state index contributed by atoms with van der Waals surface area (Å²) in [5, 5.41) is 9.82. The fourth-order valence-corrected chi connectivity index (χ4v) is 2.76. The molecule has 0 fully saturated rings. The van der Waals surface area contributed by atoms with E-state index in [9.17, 15) is 5.11 Å². The van der Waals surface area contributed by atoms with Gasteiger partial charge in [-0.15, -0.1) is 0 Å². The molecule has 1 aliphatic rings. The van der Waals surface area contributed by atoms with E-state index in [-0.39, 0.29) is 6.10 Å². The van der Waals surface area contributed by atoms with Gasteiger partial charge in [0.2, 0.25) is 0 Å². The minimum atomic E-state index is -0.239. The van der Waals surface area contributed by atoms with Crippen LogP contribution in [0.1, 0.15) is 35.6 Å². The van der Waals surface area contributed by atoms with Crippen molar-refractivity contribution in [3.63, 3.8) is 0 Å². The van der Waals surface area contributed by atoms with E-state index in [0.29, 0.717) is 0 Å². The van der Waals surface area contributed by atoms with Crippen molar-refractivity contribution in [2.45, 2.75) is 32.3 Å². The molecule has 0 radical (unpaired) electrons. The highest BCUT2D eigenvalue weighted by Gasteiger charge is 2.19. The number of hydrogen-bond acceptors (Lipinski definition) is 1. The summed E-state index contributed by atoms with van der Waals surface area (Å²) >= 11 is 3.48. The number of aliphatic hydroxyl groups excluding tert-OH is 1. The number of hydrogen-bond donors (Lipinski definition) is 1. The molecule has 2 heteroatoms. The van der Waals surface area contributed by atoms with Crippen molar-refractivity contribution in [3.8, 4) is 0 Å². The van der Waals surface area contributed by atoms with E-state index in [2.05, 4.69) is 35.0 Å². The van der Waals surface area contributed by atoms with Crippen molar-refractivity contribution >= 4 is 15.9 Å². The number of aliphatic hydroxyl groups is 1. The minimum Gasteiger partial charge on any atom is -0.388 e. The standard InChI is InChI=1S/C11H13BrO/c1-7-5-9(12)6-8-3-2-4-10(13)11(7)8/h5-6,10,13H,2-4H2,1H3. The van der Waals surface area contributed by atoms with Gasteiger partial charge in [0.25, 0.3) is 0 Å². The van der Waals surface area contributed by atoms with Crippen LogP contribution in [0.15, 0.2) is 16.6 Å². The zero-order valence-corrected chi connectivity index (χ0v) is 9.26.